The van der Waals surface area contributed by atoms with Crippen LogP contribution in [0.3, 0.4) is 0 Å². The molecule has 74 valence electrons. The maximum atomic E-state index is 2.50. The molecule has 0 atom stereocenters. The minimum atomic E-state index is 0.809. The van der Waals surface area contributed by atoms with Crippen molar-refractivity contribution in [2.75, 3.05) is 20.1 Å². The molecule has 0 aromatic heterocycles. The summed E-state index contributed by atoms with van der Waals surface area (Å²) in [7, 11) is 2.27. The van der Waals surface area contributed by atoms with E-state index in [-0.39, 0.29) is 0 Å². The normalized spacial score (nSPS) is 35.8. The molecule has 13 heavy (non-hydrogen) atoms. The van der Waals surface area contributed by atoms with Gasteiger partial charge in [-0.15, -0.1) is 0 Å². The van der Waals surface area contributed by atoms with Gasteiger partial charge in [0.25, 0.3) is 0 Å². The highest BCUT2D eigenvalue weighted by atomic mass is 15.1. The lowest BCUT2D eigenvalue weighted by Crippen LogP contribution is -2.36. The third-order valence-electron chi connectivity index (χ3n) is 4.94. The predicted molar refractivity (Wildman–Crippen MR) is 54.7 cm³/mol. The van der Waals surface area contributed by atoms with Crippen molar-refractivity contribution in [1.29, 1.82) is 0 Å². The van der Waals surface area contributed by atoms with Crippen LogP contribution in [0.4, 0.5) is 0 Å². The quantitative estimate of drug-likeness (QED) is 0.552. The third kappa shape index (κ3) is 1.32. The van der Waals surface area contributed by atoms with Crippen LogP contribution in [-0.4, -0.2) is 25.0 Å². The first kappa shape index (κ1) is 8.28. The van der Waals surface area contributed by atoms with Crippen molar-refractivity contribution in [2.24, 2.45) is 10.8 Å². The minimum absolute atomic E-state index is 0.809. The first-order chi connectivity index (χ1) is 6.22. The molecule has 0 radical (unpaired) electrons. The van der Waals surface area contributed by atoms with Crippen LogP contribution in [0.15, 0.2) is 0 Å². The zero-order chi connectivity index (χ0) is 8.94. The van der Waals surface area contributed by atoms with Crippen LogP contribution >= 0.6 is 0 Å². The Morgan fingerprint density at radius 1 is 0.769 bits per heavy atom. The lowest BCUT2D eigenvalue weighted by Gasteiger charge is -2.38. The first-order valence-electron chi connectivity index (χ1n) is 5.91. The lowest BCUT2D eigenvalue weighted by molar-refractivity contribution is 0.122. The van der Waals surface area contributed by atoms with Crippen LogP contribution < -0.4 is 0 Å². The SMILES string of the molecule is CN1CCC2(CC1)CCC1(CC1)C2. The summed E-state index contributed by atoms with van der Waals surface area (Å²) in [5.41, 5.74) is 1.69. The molecule has 0 amide bonds. The summed E-state index contributed by atoms with van der Waals surface area (Å²) in [5, 5.41) is 0. The Bertz CT molecular complexity index is 209. The van der Waals surface area contributed by atoms with Crippen LogP contribution in [0.25, 0.3) is 0 Å². The largest absolute Gasteiger partial charge is 0.306 e. The molecule has 2 saturated carbocycles. The van der Waals surface area contributed by atoms with Crippen molar-refractivity contribution < 1.29 is 0 Å². The molecule has 0 unspecified atom stereocenters. The van der Waals surface area contributed by atoms with Crippen molar-refractivity contribution in [3.63, 3.8) is 0 Å². The number of likely N-dealkylation sites (tertiary alicyclic amines) is 1. The molecule has 3 fully saturated rings. The van der Waals surface area contributed by atoms with Gasteiger partial charge in [0.05, 0.1) is 0 Å². The Morgan fingerprint density at radius 3 is 1.69 bits per heavy atom. The van der Waals surface area contributed by atoms with Crippen LogP contribution in [0, 0.1) is 10.8 Å². The summed E-state index contributed by atoms with van der Waals surface area (Å²) in [6.07, 6.45) is 10.8. The van der Waals surface area contributed by atoms with E-state index >= 15 is 0 Å². The highest BCUT2D eigenvalue weighted by Crippen LogP contribution is 2.65. The Kier molecular flexibility index (Phi) is 1.59. The number of rotatable bonds is 0. The average molecular weight is 179 g/mol. The van der Waals surface area contributed by atoms with Gasteiger partial charge >= 0.3 is 0 Å². The molecule has 1 heteroatoms. The number of hydrogen-bond donors (Lipinski definition) is 0. The molecule has 3 aliphatic rings. The number of hydrogen-bond acceptors (Lipinski definition) is 1. The van der Waals surface area contributed by atoms with Crippen molar-refractivity contribution in [1.82, 2.24) is 4.90 Å². The molecular formula is C12H21N. The Labute approximate surface area is 81.5 Å². The summed E-state index contributed by atoms with van der Waals surface area (Å²) in [5.74, 6) is 0. The van der Waals surface area contributed by atoms with E-state index in [0.29, 0.717) is 0 Å². The topological polar surface area (TPSA) is 3.24 Å². The number of piperidine rings is 1. The van der Waals surface area contributed by atoms with Crippen LogP contribution in [-0.2, 0) is 0 Å². The van der Waals surface area contributed by atoms with Crippen LogP contribution in [0.2, 0.25) is 0 Å². The van der Waals surface area contributed by atoms with Gasteiger partial charge in [-0.1, -0.05) is 0 Å². The molecule has 2 aliphatic carbocycles. The fourth-order valence-corrected chi connectivity index (χ4v) is 3.63. The van der Waals surface area contributed by atoms with E-state index in [9.17, 15) is 0 Å². The highest BCUT2D eigenvalue weighted by Gasteiger charge is 2.54. The smallest absolute Gasteiger partial charge is 0.00165 e. The maximum Gasteiger partial charge on any atom is -0.00165 e. The van der Waals surface area contributed by atoms with Gasteiger partial charge in [0.1, 0.15) is 0 Å². The maximum absolute atomic E-state index is 2.50. The highest BCUT2D eigenvalue weighted by molar-refractivity contribution is 5.06. The summed E-state index contributed by atoms with van der Waals surface area (Å²) in [6, 6.07) is 0. The fraction of sp³-hybridized carbons (Fsp3) is 1.00. The van der Waals surface area contributed by atoms with Crippen LogP contribution in [0.1, 0.15) is 44.9 Å². The average Bonchev–Trinajstić information content (AvgIpc) is 2.77. The Morgan fingerprint density at radius 2 is 1.23 bits per heavy atom. The van der Waals surface area contributed by atoms with Gasteiger partial charge in [-0.2, -0.15) is 0 Å². The van der Waals surface area contributed by atoms with E-state index in [1.54, 1.807) is 32.1 Å². The molecule has 1 heterocycles. The van der Waals surface area contributed by atoms with Crippen molar-refractivity contribution in [3.05, 3.63) is 0 Å². The van der Waals surface area contributed by atoms with E-state index in [0.717, 1.165) is 10.8 Å². The Balaban J connectivity index is 1.69. The summed E-state index contributed by atoms with van der Waals surface area (Å²) < 4.78 is 0. The van der Waals surface area contributed by atoms with Gasteiger partial charge < -0.3 is 4.90 Å². The van der Waals surface area contributed by atoms with E-state index in [2.05, 4.69) is 11.9 Å². The second-order valence-corrected chi connectivity index (χ2v) is 5.98. The van der Waals surface area contributed by atoms with Gasteiger partial charge in [-0.25, -0.2) is 0 Å². The van der Waals surface area contributed by atoms with Crippen molar-refractivity contribution in [2.45, 2.75) is 44.9 Å². The summed E-state index contributed by atoms with van der Waals surface area (Å²) in [4.78, 5) is 2.50. The zero-order valence-corrected chi connectivity index (χ0v) is 8.81. The molecule has 0 aromatic carbocycles. The van der Waals surface area contributed by atoms with E-state index in [1.807, 2.05) is 0 Å². The second-order valence-electron chi connectivity index (χ2n) is 5.98. The molecule has 3 rings (SSSR count). The van der Waals surface area contributed by atoms with Gasteiger partial charge in [-0.05, 0) is 75.9 Å². The lowest BCUT2D eigenvalue weighted by atomic mass is 9.76. The fourth-order valence-electron chi connectivity index (χ4n) is 3.63. The summed E-state index contributed by atoms with van der Waals surface area (Å²) in [6.45, 7) is 2.71. The van der Waals surface area contributed by atoms with Gasteiger partial charge in [0.2, 0.25) is 0 Å². The second kappa shape index (κ2) is 2.50. The van der Waals surface area contributed by atoms with Crippen molar-refractivity contribution >= 4 is 0 Å². The standard InChI is InChI=1S/C12H21N/c1-13-8-6-12(7-9-13)5-4-11(10-12)2-3-11/h2-10H2,1H3. The molecule has 0 aromatic rings. The Hall–Kier alpha value is -0.0400. The van der Waals surface area contributed by atoms with E-state index in [1.165, 1.54) is 25.9 Å². The molecule has 1 aliphatic heterocycles. The minimum Gasteiger partial charge on any atom is -0.306 e. The molecule has 0 N–H and O–H groups in total. The number of nitrogens with zero attached hydrogens (tertiary/aromatic N) is 1. The predicted octanol–water partition coefficient (Wildman–Crippen LogP) is 2.66. The van der Waals surface area contributed by atoms with Gasteiger partial charge in [0, 0.05) is 0 Å². The first-order valence-corrected chi connectivity index (χ1v) is 5.91. The molecular weight excluding hydrogens is 158 g/mol. The van der Waals surface area contributed by atoms with E-state index in [4.69, 9.17) is 0 Å². The molecule has 2 spiro atoms. The van der Waals surface area contributed by atoms with Crippen molar-refractivity contribution in [3.8, 4) is 0 Å². The third-order valence-corrected chi connectivity index (χ3v) is 4.94. The molecule has 0 bridgehead atoms. The van der Waals surface area contributed by atoms with Gasteiger partial charge in [-0.3, -0.25) is 0 Å². The van der Waals surface area contributed by atoms with E-state index < -0.39 is 0 Å². The zero-order valence-electron chi connectivity index (χ0n) is 8.81. The summed E-state index contributed by atoms with van der Waals surface area (Å²) >= 11 is 0. The monoisotopic (exact) mass is 179 g/mol. The molecule has 1 nitrogen and oxygen atoms in total. The van der Waals surface area contributed by atoms with Crippen LogP contribution in [0.5, 0.6) is 0 Å². The molecule has 1 saturated heterocycles. The van der Waals surface area contributed by atoms with Gasteiger partial charge in [0.15, 0.2) is 0 Å².